The Morgan fingerprint density at radius 3 is 2.47 bits per heavy atom. The highest BCUT2D eigenvalue weighted by Gasteiger charge is 2.21. The molecule has 2 aromatic heterocycles. The Balaban J connectivity index is 1.09. The van der Waals surface area contributed by atoms with Gasteiger partial charge in [0.25, 0.3) is 0 Å². The first-order valence-corrected chi connectivity index (χ1v) is 17.1. The average Bonchev–Trinajstić information content (AvgIpc) is 3.10. The highest BCUT2D eigenvalue weighted by Crippen LogP contribution is 2.34. The van der Waals surface area contributed by atoms with E-state index < -0.39 is 4.92 Å². The Bertz CT molecular complexity index is 2250. The van der Waals surface area contributed by atoms with Crippen molar-refractivity contribution in [2.45, 2.75) is 13.0 Å². The van der Waals surface area contributed by atoms with Gasteiger partial charge in [-0.25, -0.2) is 9.97 Å². The van der Waals surface area contributed by atoms with E-state index in [9.17, 15) is 14.9 Å². The van der Waals surface area contributed by atoms with Gasteiger partial charge in [-0.2, -0.15) is 0 Å². The Kier molecular flexibility index (Phi) is 10.8. The summed E-state index contributed by atoms with van der Waals surface area (Å²) in [6.07, 6.45) is 6.60. The van der Waals surface area contributed by atoms with Gasteiger partial charge in [-0.05, 0) is 87.7 Å². The molecular formula is C39H33BrClN6O4+. The molecule has 0 bridgehead atoms. The second-order valence-electron chi connectivity index (χ2n) is 12.5. The van der Waals surface area contributed by atoms with Crippen molar-refractivity contribution in [3.63, 3.8) is 0 Å². The minimum atomic E-state index is -0.445. The molecule has 0 spiro atoms. The average molecular weight is 765 g/mol. The number of nitrogens with one attached hydrogen (secondary N) is 1. The Labute approximate surface area is 308 Å². The van der Waals surface area contributed by atoms with Gasteiger partial charge in [0.1, 0.15) is 24.4 Å². The van der Waals surface area contributed by atoms with Crippen LogP contribution in [0.2, 0.25) is 5.02 Å². The molecule has 6 rings (SSSR count). The van der Waals surface area contributed by atoms with Gasteiger partial charge in [-0.3, -0.25) is 19.9 Å². The maximum absolute atomic E-state index is 13.0. The van der Waals surface area contributed by atoms with Crippen molar-refractivity contribution < 1.29 is 18.9 Å². The number of likely N-dealkylation sites (N-methyl/N-ethyl adjacent to an activating group) is 1. The minimum Gasteiger partial charge on any atom is -0.450 e. The number of nitrogens with zero attached hydrogens (tertiary/aromatic N) is 5. The van der Waals surface area contributed by atoms with Crippen LogP contribution in [0.1, 0.15) is 11.3 Å². The van der Waals surface area contributed by atoms with E-state index in [-0.39, 0.29) is 23.6 Å². The SMILES string of the molecule is C[N+](C)(C/C=C/C(=O)Cc1cc2c(Nc3ccc(Br)c(Cl)c3)ncnc2cn1)Cc1ccc([N+](=O)[O-])c(Oc2ccc(-c3ccccc3)cc2)c1. The van der Waals surface area contributed by atoms with Crippen molar-refractivity contribution in [3.05, 3.63) is 153 Å². The van der Waals surface area contributed by atoms with Crippen LogP contribution in [-0.2, 0) is 17.8 Å². The number of pyridine rings is 1. The molecule has 0 fully saturated rings. The summed E-state index contributed by atoms with van der Waals surface area (Å²) in [4.78, 5) is 37.5. The van der Waals surface area contributed by atoms with E-state index in [0.717, 1.165) is 32.2 Å². The molecule has 0 saturated heterocycles. The van der Waals surface area contributed by atoms with Gasteiger partial charge in [-0.1, -0.05) is 54.1 Å². The van der Waals surface area contributed by atoms with Crippen LogP contribution in [0.5, 0.6) is 11.5 Å². The van der Waals surface area contributed by atoms with E-state index in [1.165, 1.54) is 12.4 Å². The number of carbonyl (C=O) groups is 1. The van der Waals surface area contributed by atoms with Crippen molar-refractivity contribution in [2.24, 2.45) is 0 Å². The molecule has 2 heterocycles. The number of nitro benzene ring substituents is 1. The molecule has 256 valence electrons. The lowest BCUT2D eigenvalue weighted by Crippen LogP contribution is -2.38. The van der Waals surface area contributed by atoms with Crippen LogP contribution < -0.4 is 10.1 Å². The number of halogens is 2. The number of nitro groups is 1. The van der Waals surface area contributed by atoms with Crippen LogP contribution in [0.3, 0.4) is 0 Å². The van der Waals surface area contributed by atoms with E-state index in [4.69, 9.17) is 16.3 Å². The van der Waals surface area contributed by atoms with Crippen LogP contribution in [0, 0.1) is 10.1 Å². The fourth-order valence-electron chi connectivity index (χ4n) is 5.54. The summed E-state index contributed by atoms with van der Waals surface area (Å²) >= 11 is 9.66. The molecule has 10 nitrogen and oxygen atoms in total. The lowest BCUT2D eigenvalue weighted by atomic mass is 10.1. The second-order valence-corrected chi connectivity index (χ2v) is 13.8. The lowest BCUT2D eigenvalue weighted by Gasteiger charge is -2.28. The zero-order valence-electron chi connectivity index (χ0n) is 27.8. The third kappa shape index (κ3) is 9.20. The number of aromatic nitrogens is 3. The predicted octanol–water partition coefficient (Wildman–Crippen LogP) is 9.50. The number of ether oxygens (including phenoxy) is 1. The number of carbonyl (C=O) groups excluding carboxylic acids is 1. The maximum atomic E-state index is 13.0. The van der Waals surface area contributed by atoms with E-state index in [1.54, 1.807) is 42.6 Å². The number of ketones is 1. The van der Waals surface area contributed by atoms with Gasteiger partial charge >= 0.3 is 5.69 Å². The third-order valence-corrected chi connectivity index (χ3v) is 9.27. The number of benzene rings is 4. The monoisotopic (exact) mass is 763 g/mol. The lowest BCUT2D eigenvalue weighted by molar-refractivity contribution is -0.897. The van der Waals surface area contributed by atoms with Crippen LogP contribution in [0.15, 0.2) is 126 Å². The smallest absolute Gasteiger partial charge is 0.311 e. The number of hydrogen-bond donors (Lipinski definition) is 1. The second kappa shape index (κ2) is 15.6. The minimum absolute atomic E-state index is 0.0998. The summed E-state index contributed by atoms with van der Waals surface area (Å²) in [6.45, 7) is 1.09. The van der Waals surface area contributed by atoms with E-state index in [2.05, 4.69) is 36.2 Å². The van der Waals surface area contributed by atoms with Crippen molar-refractivity contribution in [3.8, 4) is 22.6 Å². The van der Waals surface area contributed by atoms with E-state index in [0.29, 0.717) is 45.4 Å². The summed E-state index contributed by atoms with van der Waals surface area (Å²) in [5, 5.41) is 16.4. The van der Waals surface area contributed by atoms with Gasteiger partial charge in [-0.15, -0.1) is 0 Å². The van der Waals surface area contributed by atoms with Gasteiger partial charge in [0, 0.05) is 32.9 Å². The Morgan fingerprint density at radius 1 is 0.961 bits per heavy atom. The molecule has 0 aliphatic heterocycles. The van der Waals surface area contributed by atoms with Crippen LogP contribution in [0.4, 0.5) is 17.2 Å². The first-order chi connectivity index (χ1) is 24.5. The van der Waals surface area contributed by atoms with Crippen molar-refractivity contribution in [1.82, 2.24) is 15.0 Å². The van der Waals surface area contributed by atoms with Crippen molar-refractivity contribution in [2.75, 3.05) is 26.0 Å². The van der Waals surface area contributed by atoms with E-state index >= 15 is 0 Å². The predicted molar refractivity (Wildman–Crippen MR) is 203 cm³/mol. The van der Waals surface area contributed by atoms with Crippen LogP contribution >= 0.6 is 27.5 Å². The molecule has 4 aromatic carbocycles. The van der Waals surface area contributed by atoms with E-state index in [1.807, 2.05) is 80.8 Å². The molecule has 6 aromatic rings. The molecule has 0 amide bonds. The number of fused-ring (bicyclic) bond motifs is 1. The number of allylic oxidation sites excluding steroid dienone is 1. The Morgan fingerprint density at radius 2 is 1.73 bits per heavy atom. The summed E-state index contributed by atoms with van der Waals surface area (Å²) in [7, 11) is 4.05. The first-order valence-electron chi connectivity index (χ1n) is 16.0. The highest BCUT2D eigenvalue weighted by atomic mass is 79.9. The fraction of sp³-hybridized carbons (Fsp3) is 0.128. The van der Waals surface area contributed by atoms with Gasteiger partial charge in [0.2, 0.25) is 5.75 Å². The zero-order chi connectivity index (χ0) is 36.0. The summed E-state index contributed by atoms with van der Waals surface area (Å²) in [6, 6.07) is 29.6. The summed E-state index contributed by atoms with van der Waals surface area (Å²) in [5.74, 6) is 1.14. The normalized spacial score (nSPS) is 11.5. The summed E-state index contributed by atoms with van der Waals surface area (Å²) in [5.41, 5.74) is 4.82. The molecule has 51 heavy (non-hydrogen) atoms. The molecule has 1 N–H and O–H groups in total. The number of rotatable bonds is 13. The third-order valence-electron chi connectivity index (χ3n) is 8.04. The van der Waals surface area contributed by atoms with Gasteiger partial charge < -0.3 is 14.5 Å². The van der Waals surface area contributed by atoms with Crippen LogP contribution in [-0.4, -0.2) is 50.8 Å². The van der Waals surface area contributed by atoms with Crippen LogP contribution in [0.25, 0.3) is 22.0 Å². The molecule has 12 heteroatoms. The van der Waals surface area contributed by atoms with Crippen molar-refractivity contribution >= 4 is 61.4 Å². The molecule has 0 aliphatic carbocycles. The maximum Gasteiger partial charge on any atom is 0.311 e. The number of anilines is 2. The molecule has 0 saturated carbocycles. The number of hydrogen-bond acceptors (Lipinski definition) is 8. The molecule has 0 atom stereocenters. The van der Waals surface area contributed by atoms with Gasteiger partial charge in [0.15, 0.2) is 5.78 Å². The topological polar surface area (TPSA) is 120 Å². The number of quaternary nitrogens is 1. The van der Waals surface area contributed by atoms with Crippen molar-refractivity contribution in [1.29, 1.82) is 0 Å². The largest absolute Gasteiger partial charge is 0.450 e. The molecule has 0 radical (unpaired) electrons. The molecule has 0 unspecified atom stereocenters. The molecule has 0 aliphatic rings. The fourth-order valence-corrected chi connectivity index (χ4v) is 5.96. The quantitative estimate of drug-likeness (QED) is 0.0535. The van der Waals surface area contributed by atoms with Gasteiger partial charge in [0.05, 0.1) is 48.7 Å². The highest BCUT2D eigenvalue weighted by molar-refractivity contribution is 9.10. The molecular weight excluding hydrogens is 732 g/mol. The standard InChI is InChI=1S/C39H33BrClN6O4/c1-47(2,24-26-10-17-37(46(49)50)38(19-26)51-32-14-11-28(12-15-32)27-7-4-3-5-8-27)18-6-9-31(48)20-30-21-33-36(23-42-30)43-25-44-39(33)45-29-13-16-34(40)35(41)22-29/h3-17,19,21-23,25H,18,20,24H2,1-2H3,(H,43,44,45)/q+1/b9-6+. The summed E-state index contributed by atoms with van der Waals surface area (Å²) < 4.78 is 7.31. The zero-order valence-corrected chi connectivity index (χ0v) is 30.1. The Hall–Kier alpha value is -5.49. The first kappa shape index (κ1) is 35.3.